The van der Waals surface area contributed by atoms with Gasteiger partial charge in [-0.3, -0.25) is 0 Å². The molecule has 0 amide bonds. The number of benzene rings is 3. The molecule has 21 heavy (non-hydrogen) atoms. The molecule has 0 radical (unpaired) electrons. The monoisotopic (exact) mass is 275 g/mol. The van der Waals surface area contributed by atoms with Crippen LogP contribution in [0, 0.1) is 6.92 Å². The van der Waals surface area contributed by atoms with Crippen LogP contribution in [0.25, 0.3) is 10.8 Å². The molecule has 0 heterocycles. The Morgan fingerprint density at radius 2 is 1.38 bits per heavy atom. The van der Waals surface area contributed by atoms with Gasteiger partial charge in [0.05, 0.1) is 0 Å². The zero-order chi connectivity index (χ0) is 14.7. The van der Waals surface area contributed by atoms with Crippen molar-refractivity contribution in [3.63, 3.8) is 0 Å². The average Bonchev–Trinajstić information content (AvgIpc) is 2.49. The fourth-order valence-electron chi connectivity index (χ4n) is 2.77. The lowest BCUT2D eigenvalue weighted by Crippen LogP contribution is -2.25. The van der Waals surface area contributed by atoms with Crippen LogP contribution in [0.3, 0.4) is 0 Å². The van der Waals surface area contributed by atoms with Crippen LogP contribution in [0.5, 0.6) is 0 Å². The zero-order valence-electron chi connectivity index (χ0n) is 12.4. The van der Waals surface area contributed by atoms with Gasteiger partial charge in [-0.15, -0.1) is 0 Å². The fourth-order valence-corrected chi connectivity index (χ4v) is 2.77. The second-order valence-electron chi connectivity index (χ2n) is 5.84. The minimum Gasteiger partial charge on any atom is -0.327 e. The Morgan fingerprint density at radius 3 is 2.14 bits per heavy atom. The molecule has 3 aromatic carbocycles. The first-order chi connectivity index (χ1) is 10.2. The van der Waals surface area contributed by atoms with Gasteiger partial charge in [0.15, 0.2) is 0 Å². The lowest BCUT2D eigenvalue weighted by atomic mass is 9.97. The van der Waals surface area contributed by atoms with Crippen LogP contribution >= 0.6 is 0 Å². The molecular formula is C20H21N. The Bertz CT molecular complexity index is 728. The normalized spacial score (nSPS) is 12.5. The maximum atomic E-state index is 6.32. The topological polar surface area (TPSA) is 26.0 Å². The summed E-state index contributed by atoms with van der Waals surface area (Å²) in [6, 6.07) is 23.9. The summed E-state index contributed by atoms with van der Waals surface area (Å²) in [4.78, 5) is 0. The maximum Gasteiger partial charge on any atom is 0.0120 e. The summed E-state index contributed by atoms with van der Waals surface area (Å²) in [5, 5.41) is 2.57. The molecule has 3 rings (SSSR count). The van der Waals surface area contributed by atoms with Gasteiger partial charge < -0.3 is 5.73 Å². The first kappa shape index (κ1) is 13.8. The summed E-state index contributed by atoms with van der Waals surface area (Å²) in [7, 11) is 0. The van der Waals surface area contributed by atoms with Gasteiger partial charge in [0, 0.05) is 6.04 Å². The second-order valence-corrected chi connectivity index (χ2v) is 5.84. The van der Waals surface area contributed by atoms with Crippen LogP contribution in [-0.4, -0.2) is 6.04 Å². The van der Waals surface area contributed by atoms with E-state index in [0.717, 1.165) is 12.8 Å². The van der Waals surface area contributed by atoms with Crippen LogP contribution < -0.4 is 5.73 Å². The molecule has 0 spiro atoms. The molecule has 0 saturated heterocycles. The lowest BCUT2D eigenvalue weighted by Gasteiger charge is -2.12. The average molecular weight is 275 g/mol. The van der Waals surface area contributed by atoms with Gasteiger partial charge in [0.25, 0.3) is 0 Å². The third kappa shape index (κ3) is 3.50. The van der Waals surface area contributed by atoms with Gasteiger partial charge in [0.2, 0.25) is 0 Å². The summed E-state index contributed by atoms with van der Waals surface area (Å²) in [6.45, 7) is 2.11. The molecule has 2 N–H and O–H groups in total. The summed E-state index contributed by atoms with van der Waals surface area (Å²) >= 11 is 0. The van der Waals surface area contributed by atoms with Gasteiger partial charge in [-0.2, -0.15) is 0 Å². The molecule has 0 aliphatic heterocycles. The number of aryl methyl sites for hydroxylation is 1. The summed E-state index contributed by atoms with van der Waals surface area (Å²) in [6.07, 6.45) is 1.84. The van der Waals surface area contributed by atoms with E-state index in [-0.39, 0.29) is 6.04 Å². The van der Waals surface area contributed by atoms with Crippen molar-refractivity contribution in [1.82, 2.24) is 0 Å². The van der Waals surface area contributed by atoms with Crippen molar-refractivity contribution in [3.05, 3.63) is 83.4 Å². The molecule has 0 aromatic heterocycles. The summed E-state index contributed by atoms with van der Waals surface area (Å²) in [5.74, 6) is 0. The summed E-state index contributed by atoms with van der Waals surface area (Å²) in [5.41, 5.74) is 10.2. The first-order valence-corrected chi connectivity index (χ1v) is 7.49. The Morgan fingerprint density at radius 1 is 0.762 bits per heavy atom. The highest BCUT2D eigenvalue weighted by molar-refractivity contribution is 5.82. The predicted octanol–water partition coefficient (Wildman–Crippen LogP) is 4.26. The SMILES string of the molecule is Cc1ccc(CC(N)Cc2ccc3ccccc3c2)cc1. The van der Waals surface area contributed by atoms with Crippen LogP contribution in [0.1, 0.15) is 16.7 Å². The Hall–Kier alpha value is -2.12. The van der Waals surface area contributed by atoms with E-state index in [4.69, 9.17) is 5.73 Å². The number of nitrogens with two attached hydrogens (primary N) is 1. The van der Waals surface area contributed by atoms with Crippen LogP contribution in [-0.2, 0) is 12.8 Å². The molecule has 0 saturated carbocycles. The standard InChI is InChI=1S/C20H21N/c1-15-6-8-16(9-7-15)13-20(21)14-17-10-11-18-4-2-3-5-19(18)12-17/h2-12,20H,13-14,21H2,1H3. The molecule has 106 valence electrons. The molecule has 0 aliphatic rings. The highest BCUT2D eigenvalue weighted by Gasteiger charge is 2.06. The van der Waals surface area contributed by atoms with E-state index in [1.807, 2.05) is 0 Å². The van der Waals surface area contributed by atoms with Gasteiger partial charge in [-0.05, 0) is 41.7 Å². The Labute approximate surface area is 126 Å². The van der Waals surface area contributed by atoms with Gasteiger partial charge >= 0.3 is 0 Å². The van der Waals surface area contributed by atoms with Crippen molar-refractivity contribution in [3.8, 4) is 0 Å². The van der Waals surface area contributed by atoms with E-state index in [2.05, 4.69) is 73.7 Å². The number of hydrogen-bond donors (Lipinski definition) is 1. The van der Waals surface area contributed by atoms with E-state index >= 15 is 0 Å². The molecule has 1 nitrogen and oxygen atoms in total. The van der Waals surface area contributed by atoms with Crippen LogP contribution in [0.4, 0.5) is 0 Å². The van der Waals surface area contributed by atoms with Crippen LogP contribution in [0.15, 0.2) is 66.7 Å². The van der Waals surface area contributed by atoms with Crippen molar-refractivity contribution in [2.75, 3.05) is 0 Å². The number of rotatable bonds is 4. The van der Waals surface area contributed by atoms with Crippen molar-refractivity contribution < 1.29 is 0 Å². The van der Waals surface area contributed by atoms with E-state index in [9.17, 15) is 0 Å². The maximum absolute atomic E-state index is 6.32. The van der Waals surface area contributed by atoms with Crippen molar-refractivity contribution in [1.29, 1.82) is 0 Å². The van der Waals surface area contributed by atoms with Gasteiger partial charge in [-0.1, -0.05) is 72.3 Å². The minimum atomic E-state index is 0.161. The molecule has 1 heteroatoms. The highest BCUT2D eigenvalue weighted by Crippen LogP contribution is 2.17. The molecular weight excluding hydrogens is 254 g/mol. The third-order valence-electron chi connectivity index (χ3n) is 3.93. The minimum absolute atomic E-state index is 0.161. The van der Waals surface area contributed by atoms with E-state index < -0.39 is 0 Å². The predicted molar refractivity (Wildman–Crippen MR) is 90.5 cm³/mol. The molecule has 0 fully saturated rings. The molecule has 0 bridgehead atoms. The Kier molecular flexibility index (Phi) is 4.03. The quantitative estimate of drug-likeness (QED) is 0.756. The third-order valence-corrected chi connectivity index (χ3v) is 3.93. The van der Waals surface area contributed by atoms with E-state index in [1.165, 1.54) is 27.5 Å². The number of fused-ring (bicyclic) bond motifs is 1. The van der Waals surface area contributed by atoms with Gasteiger partial charge in [0.1, 0.15) is 0 Å². The van der Waals surface area contributed by atoms with Crippen molar-refractivity contribution >= 4 is 10.8 Å². The van der Waals surface area contributed by atoms with E-state index in [1.54, 1.807) is 0 Å². The van der Waals surface area contributed by atoms with Crippen LogP contribution in [0.2, 0.25) is 0 Å². The highest BCUT2D eigenvalue weighted by atomic mass is 14.6. The molecule has 1 unspecified atom stereocenters. The molecule has 0 aliphatic carbocycles. The Balaban J connectivity index is 1.70. The fraction of sp³-hybridized carbons (Fsp3) is 0.200. The smallest absolute Gasteiger partial charge is 0.0120 e. The van der Waals surface area contributed by atoms with E-state index in [0.29, 0.717) is 0 Å². The largest absolute Gasteiger partial charge is 0.327 e. The van der Waals surface area contributed by atoms with Crippen molar-refractivity contribution in [2.24, 2.45) is 5.73 Å². The summed E-state index contributed by atoms with van der Waals surface area (Å²) < 4.78 is 0. The van der Waals surface area contributed by atoms with Crippen molar-refractivity contribution in [2.45, 2.75) is 25.8 Å². The first-order valence-electron chi connectivity index (χ1n) is 7.49. The second kappa shape index (κ2) is 6.11. The number of hydrogen-bond acceptors (Lipinski definition) is 1. The molecule has 3 aromatic rings. The molecule has 1 atom stereocenters. The van der Waals surface area contributed by atoms with Gasteiger partial charge in [-0.25, -0.2) is 0 Å². The lowest BCUT2D eigenvalue weighted by molar-refractivity contribution is 0.665. The zero-order valence-corrected chi connectivity index (χ0v) is 12.4.